The van der Waals surface area contributed by atoms with E-state index >= 15 is 0 Å². The Morgan fingerprint density at radius 1 is 1.24 bits per heavy atom. The second kappa shape index (κ2) is 6.73. The number of H-pyrrole nitrogens is 1. The summed E-state index contributed by atoms with van der Waals surface area (Å²) in [5, 5.41) is 5.44. The summed E-state index contributed by atoms with van der Waals surface area (Å²) in [6.45, 7) is 0.430. The molecule has 1 aliphatic rings. The van der Waals surface area contributed by atoms with E-state index in [1.807, 2.05) is 0 Å². The highest BCUT2D eigenvalue weighted by atomic mass is 16.2. The summed E-state index contributed by atoms with van der Waals surface area (Å²) >= 11 is 0. The van der Waals surface area contributed by atoms with Crippen molar-refractivity contribution < 1.29 is 9.59 Å². The van der Waals surface area contributed by atoms with Crippen molar-refractivity contribution in [3.8, 4) is 0 Å². The van der Waals surface area contributed by atoms with Gasteiger partial charge in [-0.3, -0.25) is 14.6 Å². The summed E-state index contributed by atoms with van der Waals surface area (Å²) in [5.74, 6) is -0.369. The second-order valence-electron chi connectivity index (χ2n) is 4.85. The third-order valence-corrected chi connectivity index (χ3v) is 3.19. The molecule has 2 atom stereocenters. The molecule has 7 N–H and O–H groups in total. The molecule has 9 nitrogen and oxygen atoms in total. The highest BCUT2D eigenvalue weighted by Crippen LogP contribution is 2.07. The van der Waals surface area contributed by atoms with Crippen molar-refractivity contribution in [1.29, 1.82) is 0 Å². The van der Waals surface area contributed by atoms with E-state index in [0.29, 0.717) is 25.8 Å². The van der Waals surface area contributed by atoms with Crippen LogP contribution in [0, 0.1) is 0 Å². The summed E-state index contributed by atoms with van der Waals surface area (Å²) in [4.78, 5) is 34.6. The maximum absolute atomic E-state index is 12.0. The minimum absolute atomic E-state index is 0.0201. The molecule has 1 fully saturated rings. The maximum Gasteiger partial charge on any atom is 0.243 e. The maximum atomic E-state index is 12.0. The van der Waals surface area contributed by atoms with Crippen LogP contribution in [0.4, 0.5) is 0 Å². The van der Waals surface area contributed by atoms with Crippen molar-refractivity contribution in [3.63, 3.8) is 0 Å². The smallest absolute Gasteiger partial charge is 0.243 e. The zero-order valence-corrected chi connectivity index (χ0v) is 11.5. The quantitative estimate of drug-likeness (QED) is 0.233. The molecule has 9 heteroatoms. The number of hydrogen-bond acceptors (Lipinski definition) is 4. The van der Waals surface area contributed by atoms with Gasteiger partial charge in [0.1, 0.15) is 12.1 Å². The van der Waals surface area contributed by atoms with Crippen molar-refractivity contribution in [2.45, 2.75) is 31.3 Å². The molecular formula is C12H19N7O2. The first-order chi connectivity index (χ1) is 10.1. The van der Waals surface area contributed by atoms with Gasteiger partial charge < -0.3 is 27.1 Å². The van der Waals surface area contributed by atoms with Crippen molar-refractivity contribution in [3.05, 3.63) is 18.2 Å². The zero-order chi connectivity index (χ0) is 15.2. The summed E-state index contributed by atoms with van der Waals surface area (Å²) in [5.41, 5.74) is 11.2. The molecule has 2 unspecified atom stereocenters. The van der Waals surface area contributed by atoms with E-state index in [-0.39, 0.29) is 17.8 Å². The standard InChI is InChI=1S/C12H19N7O2/c13-12(14)16-3-1-2-8-10(20)19-9(11(21)18-8)4-7-5-15-6-17-7/h5-6,8-9H,1-4H2,(H,15,17)(H,18,21)(H,19,20)(H4,13,14,16). The molecule has 1 aromatic heterocycles. The van der Waals surface area contributed by atoms with Crippen LogP contribution in [0.2, 0.25) is 0 Å². The van der Waals surface area contributed by atoms with Crippen LogP contribution < -0.4 is 22.1 Å². The van der Waals surface area contributed by atoms with Crippen LogP contribution >= 0.6 is 0 Å². The van der Waals surface area contributed by atoms with Crippen LogP contribution in [0.25, 0.3) is 0 Å². The number of guanidine groups is 1. The van der Waals surface area contributed by atoms with E-state index in [1.165, 1.54) is 6.33 Å². The van der Waals surface area contributed by atoms with Gasteiger partial charge in [-0.15, -0.1) is 0 Å². The van der Waals surface area contributed by atoms with Gasteiger partial charge >= 0.3 is 0 Å². The molecule has 0 aliphatic carbocycles. The monoisotopic (exact) mass is 293 g/mol. The highest BCUT2D eigenvalue weighted by Gasteiger charge is 2.33. The number of aliphatic imine (C=N–C) groups is 1. The second-order valence-corrected chi connectivity index (χ2v) is 4.85. The first kappa shape index (κ1) is 14.8. The molecule has 114 valence electrons. The minimum atomic E-state index is -0.577. The molecule has 21 heavy (non-hydrogen) atoms. The van der Waals surface area contributed by atoms with Crippen LogP contribution in [0.15, 0.2) is 17.5 Å². The molecule has 0 bridgehead atoms. The Kier molecular flexibility index (Phi) is 4.75. The molecule has 0 radical (unpaired) electrons. The Hall–Kier alpha value is -2.58. The van der Waals surface area contributed by atoms with Crippen molar-refractivity contribution in [1.82, 2.24) is 20.6 Å². The molecular weight excluding hydrogens is 274 g/mol. The first-order valence-electron chi connectivity index (χ1n) is 6.69. The van der Waals surface area contributed by atoms with Crippen LogP contribution in [0.3, 0.4) is 0 Å². The Morgan fingerprint density at radius 2 is 1.95 bits per heavy atom. The highest BCUT2D eigenvalue weighted by molar-refractivity contribution is 5.97. The van der Waals surface area contributed by atoms with Crippen molar-refractivity contribution in [2.75, 3.05) is 6.54 Å². The molecule has 2 rings (SSSR count). The summed E-state index contributed by atoms with van der Waals surface area (Å²) in [6, 6.07) is -1.11. The Labute approximate surface area is 121 Å². The minimum Gasteiger partial charge on any atom is -0.370 e. The van der Waals surface area contributed by atoms with Crippen LogP contribution in [0.1, 0.15) is 18.5 Å². The molecule has 1 saturated heterocycles. The summed E-state index contributed by atoms with van der Waals surface area (Å²) in [6.07, 6.45) is 4.65. The zero-order valence-electron chi connectivity index (χ0n) is 11.5. The van der Waals surface area contributed by atoms with Crippen molar-refractivity contribution >= 4 is 17.8 Å². The van der Waals surface area contributed by atoms with E-state index in [0.717, 1.165) is 5.69 Å². The van der Waals surface area contributed by atoms with E-state index in [4.69, 9.17) is 11.5 Å². The fraction of sp³-hybridized carbons (Fsp3) is 0.500. The molecule has 1 aliphatic heterocycles. The van der Waals surface area contributed by atoms with Crippen molar-refractivity contribution in [2.24, 2.45) is 16.5 Å². The average molecular weight is 293 g/mol. The van der Waals surface area contributed by atoms with Crippen LogP contribution in [-0.2, 0) is 16.0 Å². The number of hydrogen-bond donors (Lipinski definition) is 5. The average Bonchev–Trinajstić information content (AvgIpc) is 2.92. The lowest BCUT2D eigenvalue weighted by Crippen LogP contribution is -2.62. The van der Waals surface area contributed by atoms with E-state index in [1.54, 1.807) is 6.20 Å². The molecule has 0 saturated carbocycles. The van der Waals surface area contributed by atoms with Gasteiger partial charge in [-0.05, 0) is 12.8 Å². The normalized spacial score (nSPS) is 21.5. The Bertz CT molecular complexity index is 522. The van der Waals surface area contributed by atoms with Gasteiger partial charge in [0.2, 0.25) is 11.8 Å². The lowest BCUT2D eigenvalue weighted by atomic mass is 10.0. The number of carbonyl (C=O) groups is 2. The molecule has 0 aromatic carbocycles. The van der Waals surface area contributed by atoms with Gasteiger partial charge in [-0.2, -0.15) is 0 Å². The SMILES string of the molecule is NC(N)=NCCCC1NC(=O)C(Cc2cnc[nH]2)NC1=O. The van der Waals surface area contributed by atoms with Gasteiger partial charge in [0.15, 0.2) is 5.96 Å². The number of carbonyl (C=O) groups excluding carboxylic acids is 2. The van der Waals surface area contributed by atoms with Gasteiger partial charge in [0.05, 0.1) is 6.33 Å². The fourth-order valence-electron chi connectivity index (χ4n) is 2.14. The predicted octanol–water partition coefficient (Wildman–Crippen LogP) is -2.01. The number of amides is 2. The number of piperazine rings is 1. The van der Waals surface area contributed by atoms with Gasteiger partial charge in [0.25, 0.3) is 0 Å². The summed E-state index contributed by atoms with van der Waals surface area (Å²) < 4.78 is 0. The number of aromatic amines is 1. The largest absolute Gasteiger partial charge is 0.370 e. The van der Waals surface area contributed by atoms with E-state index in [9.17, 15) is 9.59 Å². The lowest BCUT2D eigenvalue weighted by Gasteiger charge is -2.29. The molecule has 0 spiro atoms. The number of aromatic nitrogens is 2. The summed E-state index contributed by atoms with van der Waals surface area (Å²) in [7, 11) is 0. The number of imidazole rings is 1. The molecule has 1 aromatic rings. The van der Waals surface area contributed by atoms with Crippen LogP contribution in [0.5, 0.6) is 0 Å². The number of nitrogens with two attached hydrogens (primary N) is 2. The van der Waals surface area contributed by atoms with Gasteiger partial charge in [-0.25, -0.2) is 4.98 Å². The predicted molar refractivity (Wildman–Crippen MR) is 76.1 cm³/mol. The molecule has 2 amide bonds. The lowest BCUT2D eigenvalue weighted by molar-refractivity contribution is -0.136. The number of nitrogens with zero attached hydrogens (tertiary/aromatic N) is 2. The van der Waals surface area contributed by atoms with Gasteiger partial charge in [0, 0.05) is 24.9 Å². The van der Waals surface area contributed by atoms with Crippen LogP contribution in [-0.4, -0.2) is 46.4 Å². The Balaban J connectivity index is 1.82. The third kappa shape index (κ3) is 4.20. The number of nitrogens with one attached hydrogen (secondary N) is 3. The van der Waals surface area contributed by atoms with Gasteiger partial charge in [-0.1, -0.05) is 0 Å². The molecule has 2 heterocycles. The topological polar surface area (TPSA) is 151 Å². The fourth-order valence-corrected chi connectivity index (χ4v) is 2.14. The third-order valence-electron chi connectivity index (χ3n) is 3.19. The number of rotatable bonds is 6. The van der Waals surface area contributed by atoms with E-state index in [2.05, 4.69) is 25.6 Å². The first-order valence-corrected chi connectivity index (χ1v) is 6.69. The Morgan fingerprint density at radius 3 is 2.62 bits per heavy atom. The van der Waals surface area contributed by atoms with E-state index < -0.39 is 12.1 Å².